The lowest BCUT2D eigenvalue weighted by atomic mass is 10.1. The van der Waals surface area contributed by atoms with Gasteiger partial charge in [0.2, 0.25) is 6.79 Å². The summed E-state index contributed by atoms with van der Waals surface area (Å²) in [5.74, 6) is 0.941. The molecule has 0 aliphatic carbocycles. The van der Waals surface area contributed by atoms with Crippen molar-refractivity contribution in [2.75, 3.05) is 6.79 Å². The van der Waals surface area contributed by atoms with Crippen LogP contribution in [0.15, 0.2) is 18.3 Å². The molecule has 6 nitrogen and oxygen atoms in total. The molecule has 0 saturated heterocycles. The lowest BCUT2D eigenvalue weighted by Crippen LogP contribution is -1.94. The number of ether oxygens (including phenoxy) is 2. The predicted molar refractivity (Wildman–Crippen MR) is 59.3 cm³/mol. The third-order valence-electron chi connectivity index (χ3n) is 2.73. The molecule has 1 aliphatic heterocycles. The van der Waals surface area contributed by atoms with Crippen molar-refractivity contribution in [1.82, 2.24) is 4.98 Å². The van der Waals surface area contributed by atoms with Crippen LogP contribution in [-0.2, 0) is 0 Å². The molecular formula is C11H8N2O4. The number of benzene rings is 1. The zero-order chi connectivity index (χ0) is 12.0. The molecule has 0 saturated carbocycles. The minimum atomic E-state index is -0.462. The minimum absolute atomic E-state index is 0.0621. The second kappa shape index (κ2) is 3.31. The summed E-state index contributed by atoms with van der Waals surface area (Å²) < 4.78 is 10.5. The first-order chi connectivity index (χ1) is 8.18. The number of nitro groups is 1. The second-order valence-corrected chi connectivity index (χ2v) is 3.74. The molecule has 0 atom stereocenters. The highest BCUT2D eigenvalue weighted by molar-refractivity contribution is 5.97. The summed E-state index contributed by atoms with van der Waals surface area (Å²) in [6.45, 7) is 1.94. The van der Waals surface area contributed by atoms with Gasteiger partial charge in [-0.1, -0.05) is 0 Å². The van der Waals surface area contributed by atoms with E-state index in [4.69, 9.17) is 9.47 Å². The first kappa shape index (κ1) is 9.83. The van der Waals surface area contributed by atoms with Crippen LogP contribution in [0.5, 0.6) is 11.5 Å². The zero-order valence-corrected chi connectivity index (χ0v) is 8.97. The van der Waals surface area contributed by atoms with Gasteiger partial charge in [0.05, 0.1) is 16.4 Å². The van der Waals surface area contributed by atoms with Gasteiger partial charge in [-0.05, 0) is 18.6 Å². The van der Waals surface area contributed by atoms with Crippen molar-refractivity contribution in [3.63, 3.8) is 0 Å². The predicted octanol–water partition coefficient (Wildman–Crippen LogP) is 2.18. The van der Waals surface area contributed by atoms with E-state index in [0.717, 1.165) is 5.56 Å². The molecule has 86 valence electrons. The van der Waals surface area contributed by atoms with Crippen LogP contribution in [0.4, 0.5) is 5.69 Å². The van der Waals surface area contributed by atoms with Gasteiger partial charge in [0, 0.05) is 6.20 Å². The first-order valence-corrected chi connectivity index (χ1v) is 5.01. The van der Waals surface area contributed by atoms with Crippen molar-refractivity contribution in [3.8, 4) is 11.5 Å². The Morgan fingerprint density at radius 2 is 2.29 bits per heavy atom. The summed E-state index contributed by atoms with van der Waals surface area (Å²) in [7, 11) is 0. The second-order valence-electron chi connectivity index (χ2n) is 3.74. The normalized spacial score (nSPS) is 13.0. The standard InChI is InChI=1S/C11H8N2O4/c1-6-2-3-12-10-7(13(14)15)4-8-11(9(6)10)17-5-16-8/h2-4H,5H2,1H3. The molecule has 1 aliphatic rings. The van der Waals surface area contributed by atoms with E-state index in [1.165, 1.54) is 6.07 Å². The van der Waals surface area contributed by atoms with E-state index < -0.39 is 4.92 Å². The fourth-order valence-electron chi connectivity index (χ4n) is 1.96. The Bertz CT molecular complexity index is 639. The summed E-state index contributed by atoms with van der Waals surface area (Å²) in [4.78, 5) is 14.6. The van der Waals surface area contributed by atoms with Gasteiger partial charge in [0.15, 0.2) is 17.0 Å². The molecular weight excluding hydrogens is 224 g/mol. The van der Waals surface area contributed by atoms with Crippen molar-refractivity contribution < 1.29 is 14.4 Å². The fraction of sp³-hybridized carbons (Fsp3) is 0.182. The van der Waals surface area contributed by atoms with Crippen molar-refractivity contribution in [2.24, 2.45) is 0 Å². The maximum absolute atomic E-state index is 11.0. The Labute approximate surface area is 95.9 Å². The third-order valence-corrected chi connectivity index (χ3v) is 2.73. The van der Waals surface area contributed by atoms with E-state index in [1.807, 2.05) is 6.92 Å². The number of nitrogens with zero attached hydrogens (tertiary/aromatic N) is 2. The van der Waals surface area contributed by atoms with E-state index in [1.54, 1.807) is 12.3 Å². The molecule has 6 heteroatoms. The lowest BCUT2D eigenvalue weighted by Gasteiger charge is -2.05. The Kier molecular flexibility index (Phi) is 1.91. The number of aryl methyl sites for hydroxylation is 1. The highest BCUT2D eigenvalue weighted by Gasteiger charge is 2.26. The van der Waals surface area contributed by atoms with Crippen LogP contribution >= 0.6 is 0 Å². The van der Waals surface area contributed by atoms with Crippen molar-refractivity contribution in [3.05, 3.63) is 34.0 Å². The lowest BCUT2D eigenvalue weighted by molar-refractivity contribution is -0.383. The molecule has 2 aromatic rings. The smallest absolute Gasteiger partial charge is 0.299 e. The van der Waals surface area contributed by atoms with E-state index >= 15 is 0 Å². The van der Waals surface area contributed by atoms with Crippen molar-refractivity contribution >= 4 is 16.6 Å². The van der Waals surface area contributed by atoms with Crippen molar-refractivity contribution in [1.29, 1.82) is 0 Å². The minimum Gasteiger partial charge on any atom is -0.453 e. The van der Waals surface area contributed by atoms with Gasteiger partial charge in [0.1, 0.15) is 0 Å². The van der Waals surface area contributed by atoms with Gasteiger partial charge < -0.3 is 9.47 Å². The van der Waals surface area contributed by atoms with E-state index in [0.29, 0.717) is 22.4 Å². The highest BCUT2D eigenvalue weighted by Crippen LogP contribution is 2.44. The molecule has 0 fully saturated rings. The summed E-state index contributed by atoms with van der Waals surface area (Å²) in [6.07, 6.45) is 1.55. The quantitative estimate of drug-likeness (QED) is 0.556. The highest BCUT2D eigenvalue weighted by atomic mass is 16.7. The number of non-ortho nitro benzene ring substituents is 1. The number of hydrogen-bond acceptors (Lipinski definition) is 5. The molecule has 0 radical (unpaired) electrons. The number of rotatable bonds is 1. The van der Waals surface area contributed by atoms with Crippen LogP contribution in [-0.4, -0.2) is 16.7 Å². The number of nitro benzene ring substituents is 1. The number of aromatic nitrogens is 1. The molecule has 1 aromatic heterocycles. The average Bonchev–Trinajstić information content (AvgIpc) is 2.75. The van der Waals surface area contributed by atoms with Crippen LogP contribution in [0.2, 0.25) is 0 Å². The molecule has 3 rings (SSSR count). The van der Waals surface area contributed by atoms with Gasteiger partial charge in [-0.2, -0.15) is 0 Å². The molecule has 0 unspecified atom stereocenters. The maximum atomic E-state index is 11.0. The Hall–Kier alpha value is -2.37. The van der Waals surface area contributed by atoms with Crippen LogP contribution in [0, 0.1) is 17.0 Å². The zero-order valence-electron chi connectivity index (χ0n) is 8.97. The van der Waals surface area contributed by atoms with Crippen molar-refractivity contribution in [2.45, 2.75) is 6.92 Å². The van der Waals surface area contributed by atoms with Gasteiger partial charge >= 0.3 is 0 Å². The Morgan fingerprint density at radius 3 is 3.06 bits per heavy atom. The molecule has 0 N–H and O–H groups in total. The molecule has 1 aromatic carbocycles. The maximum Gasteiger partial charge on any atom is 0.299 e. The number of pyridine rings is 1. The molecule has 0 spiro atoms. The van der Waals surface area contributed by atoms with Gasteiger partial charge in [-0.15, -0.1) is 0 Å². The molecule has 2 heterocycles. The Morgan fingerprint density at radius 1 is 1.47 bits per heavy atom. The largest absolute Gasteiger partial charge is 0.453 e. The molecule has 0 amide bonds. The van der Waals surface area contributed by atoms with Crippen LogP contribution in [0.1, 0.15) is 5.56 Å². The third kappa shape index (κ3) is 1.30. The van der Waals surface area contributed by atoms with Crippen LogP contribution in [0.3, 0.4) is 0 Å². The summed E-state index contributed by atoms with van der Waals surface area (Å²) >= 11 is 0. The fourth-order valence-corrected chi connectivity index (χ4v) is 1.96. The SMILES string of the molecule is Cc1ccnc2c([N+](=O)[O-])cc3c(c12)OCO3. The average molecular weight is 232 g/mol. The van der Waals surface area contributed by atoms with Crippen LogP contribution in [0.25, 0.3) is 10.9 Å². The van der Waals surface area contributed by atoms with Gasteiger partial charge in [0.25, 0.3) is 5.69 Å². The van der Waals surface area contributed by atoms with Gasteiger partial charge in [-0.3, -0.25) is 10.1 Å². The Balaban J connectivity index is 2.49. The summed E-state index contributed by atoms with van der Waals surface area (Å²) in [5, 5.41) is 11.6. The van der Waals surface area contributed by atoms with E-state index in [9.17, 15) is 10.1 Å². The first-order valence-electron chi connectivity index (χ1n) is 5.01. The molecule has 17 heavy (non-hydrogen) atoms. The van der Waals surface area contributed by atoms with Gasteiger partial charge in [-0.25, -0.2) is 4.98 Å². The number of fused-ring (bicyclic) bond motifs is 3. The monoisotopic (exact) mass is 232 g/mol. The van der Waals surface area contributed by atoms with Crippen LogP contribution < -0.4 is 9.47 Å². The number of hydrogen-bond donors (Lipinski definition) is 0. The summed E-state index contributed by atoms with van der Waals surface area (Å²) in [6, 6.07) is 3.14. The molecule has 0 bridgehead atoms. The van der Waals surface area contributed by atoms with E-state index in [2.05, 4.69) is 4.98 Å². The topological polar surface area (TPSA) is 74.5 Å². The van der Waals surface area contributed by atoms with E-state index in [-0.39, 0.29) is 12.5 Å². The summed E-state index contributed by atoms with van der Waals surface area (Å²) in [5.41, 5.74) is 1.15.